The van der Waals surface area contributed by atoms with E-state index in [1.54, 1.807) is 0 Å². The number of unbranched alkanes of at least 4 members (excludes halogenated alkanes) is 1. The molecule has 1 fully saturated rings. The molecule has 1 heterocycles. The van der Waals surface area contributed by atoms with Crippen molar-refractivity contribution in [3.8, 4) is 0 Å². The molecule has 1 aliphatic heterocycles. The van der Waals surface area contributed by atoms with Crippen LogP contribution in [0.2, 0.25) is 0 Å². The Bertz CT molecular complexity index is 135. The second kappa shape index (κ2) is 7.21. The van der Waals surface area contributed by atoms with Crippen LogP contribution in [0, 0.1) is 0 Å². The first kappa shape index (κ1) is 12.0. The van der Waals surface area contributed by atoms with Gasteiger partial charge in [-0.2, -0.15) is 0 Å². The molecule has 0 amide bonds. The van der Waals surface area contributed by atoms with Crippen LogP contribution in [-0.2, 0) is 4.74 Å². The van der Waals surface area contributed by atoms with Gasteiger partial charge in [-0.15, -0.1) is 0 Å². The van der Waals surface area contributed by atoms with Crippen molar-refractivity contribution in [1.29, 1.82) is 0 Å². The third-order valence-corrected chi connectivity index (χ3v) is 2.75. The van der Waals surface area contributed by atoms with Gasteiger partial charge in [0.05, 0.1) is 13.2 Å². The van der Waals surface area contributed by atoms with Crippen LogP contribution >= 0.6 is 0 Å². The third-order valence-electron chi connectivity index (χ3n) is 2.75. The first-order chi connectivity index (χ1) is 6.83. The summed E-state index contributed by atoms with van der Waals surface area (Å²) in [5, 5.41) is 3.48. The van der Waals surface area contributed by atoms with Gasteiger partial charge >= 0.3 is 0 Å². The zero-order valence-corrected chi connectivity index (χ0v) is 9.59. The minimum Gasteiger partial charge on any atom is -0.379 e. The highest BCUT2D eigenvalue weighted by atomic mass is 16.5. The summed E-state index contributed by atoms with van der Waals surface area (Å²) in [4.78, 5) is 2.42. The Morgan fingerprint density at radius 3 is 2.93 bits per heavy atom. The second-order valence-corrected chi connectivity index (χ2v) is 4.17. The normalized spacial score (nSPS) is 22.9. The lowest BCUT2D eigenvalue weighted by Gasteiger charge is -2.26. The molecule has 14 heavy (non-hydrogen) atoms. The molecule has 0 aliphatic carbocycles. The molecular weight excluding hydrogens is 176 g/mol. The maximum absolute atomic E-state index is 5.41. The molecule has 1 atom stereocenters. The number of rotatable bonds is 6. The predicted octanol–water partition coefficient (Wildman–Crippen LogP) is 1.10. The van der Waals surface area contributed by atoms with E-state index in [1.807, 2.05) is 0 Å². The molecule has 3 nitrogen and oxygen atoms in total. The van der Waals surface area contributed by atoms with Crippen molar-refractivity contribution >= 4 is 0 Å². The first-order valence-electron chi connectivity index (χ1n) is 5.82. The Morgan fingerprint density at radius 2 is 2.29 bits per heavy atom. The standard InChI is InChI=1S/C11H24N2O/c1-3-4-7-13(2)8-5-11-10-14-9-6-12-11/h11-12H,3-10H2,1-2H3. The highest BCUT2D eigenvalue weighted by Crippen LogP contribution is 2.00. The molecule has 84 valence electrons. The Balaban J connectivity index is 2.00. The van der Waals surface area contributed by atoms with Crippen LogP contribution in [0.1, 0.15) is 26.2 Å². The largest absolute Gasteiger partial charge is 0.379 e. The molecule has 1 unspecified atom stereocenters. The molecule has 0 radical (unpaired) electrons. The van der Waals surface area contributed by atoms with Gasteiger partial charge in [0, 0.05) is 12.6 Å². The van der Waals surface area contributed by atoms with Crippen molar-refractivity contribution in [3.05, 3.63) is 0 Å². The number of hydrogen-bond acceptors (Lipinski definition) is 3. The average molecular weight is 200 g/mol. The maximum Gasteiger partial charge on any atom is 0.0620 e. The molecule has 1 N–H and O–H groups in total. The highest BCUT2D eigenvalue weighted by Gasteiger charge is 2.12. The smallest absolute Gasteiger partial charge is 0.0620 e. The molecule has 0 aromatic rings. The van der Waals surface area contributed by atoms with Gasteiger partial charge in [-0.1, -0.05) is 13.3 Å². The van der Waals surface area contributed by atoms with E-state index in [0.29, 0.717) is 6.04 Å². The number of hydrogen-bond donors (Lipinski definition) is 1. The molecule has 0 saturated carbocycles. The molecule has 1 aliphatic rings. The Hall–Kier alpha value is -0.120. The van der Waals surface area contributed by atoms with Gasteiger partial charge in [-0.3, -0.25) is 0 Å². The van der Waals surface area contributed by atoms with E-state index in [2.05, 4.69) is 24.2 Å². The summed E-state index contributed by atoms with van der Waals surface area (Å²) in [6, 6.07) is 0.577. The highest BCUT2D eigenvalue weighted by molar-refractivity contribution is 4.71. The van der Waals surface area contributed by atoms with Crippen LogP contribution in [0.4, 0.5) is 0 Å². The van der Waals surface area contributed by atoms with Gasteiger partial charge in [0.1, 0.15) is 0 Å². The van der Waals surface area contributed by atoms with Crippen molar-refractivity contribution in [2.45, 2.75) is 32.2 Å². The number of ether oxygens (including phenoxy) is 1. The molecule has 0 bridgehead atoms. The van der Waals surface area contributed by atoms with Crippen molar-refractivity contribution in [2.75, 3.05) is 39.9 Å². The second-order valence-electron chi connectivity index (χ2n) is 4.17. The van der Waals surface area contributed by atoms with Crippen LogP contribution in [-0.4, -0.2) is 50.8 Å². The number of nitrogens with one attached hydrogen (secondary N) is 1. The average Bonchev–Trinajstić information content (AvgIpc) is 2.25. The van der Waals surface area contributed by atoms with Crippen molar-refractivity contribution < 1.29 is 4.74 Å². The fourth-order valence-electron chi connectivity index (χ4n) is 1.72. The van der Waals surface area contributed by atoms with Gasteiger partial charge in [0.2, 0.25) is 0 Å². The van der Waals surface area contributed by atoms with E-state index in [4.69, 9.17) is 4.74 Å². The quantitative estimate of drug-likeness (QED) is 0.695. The van der Waals surface area contributed by atoms with Crippen LogP contribution in [0.5, 0.6) is 0 Å². The van der Waals surface area contributed by atoms with Gasteiger partial charge in [-0.25, -0.2) is 0 Å². The predicted molar refractivity (Wildman–Crippen MR) is 59.6 cm³/mol. The lowest BCUT2D eigenvalue weighted by atomic mass is 10.2. The molecule has 0 aromatic carbocycles. The molecule has 1 saturated heterocycles. The summed E-state index contributed by atoms with van der Waals surface area (Å²) >= 11 is 0. The fourth-order valence-corrected chi connectivity index (χ4v) is 1.72. The molecule has 0 spiro atoms. The van der Waals surface area contributed by atoms with Gasteiger partial charge in [-0.05, 0) is 33.0 Å². The Kier molecular flexibility index (Phi) is 6.15. The van der Waals surface area contributed by atoms with Crippen molar-refractivity contribution in [2.24, 2.45) is 0 Å². The van der Waals surface area contributed by atoms with E-state index in [0.717, 1.165) is 19.8 Å². The lowest BCUT2D eigenvalue weighted by molar-refractivity contribution is 0.0710. The Morgan fingerprint density at radius 1 is 1.43 bits per heavy atom. The maximum atomic E-state index is 5.41. The third kappa shape index (κ3) is 4.94. The summed E-state index contributed by atoms with van der Waals surface area (Å²) in [6.45, 7) is 7.43. The van der Waals surface area contributed by atoms with Crippen molar-refractivity contribution in [1.82, 2.24) is 10.2 Å². The van der Waals surface area contributed by atoms with Gasteiger partial charge in [0.15, 0.2) is 0 Å². The van der Waals surface area contributed by atoms with E-state index in [1.165, 1.54) is 32.4 Å². The van der Waals surface area contributed by atoms with E-state index in [-0.39, 0.29) is 0 Å². The zero-order chi connectivity index (χ0) is 10.2. The topological polar surface area (TPSA) is 24.5 Å². The minimum atomic E-state index is 0.577. The summed E-state index contributed by atoms with van der Waals surface area (Å²) in [6.07, 6.45) is 3.81. The van der Waals surface area contributed by atoms with Crippen molar-refractivity contribution in [3.63, 3.8) is 0 Å². The van der Waals surface area contributed by atoms with Crippen LogP contribution in [0.3, 0.4) is 0 Å². The number of nitrogens with zero attached hydrogens (tertiary/aromatic N) is 1. The number of morpholine rings is 1. The van der Waals surface area contributed by atoms with Crippen LogP contribution in [0.15, 0.2) is 0 Å². The summed E-state index contributed by atoms with van der Waals surface area (Å²) in [5.74, 6) is 0. The molecular formula is C11H24N2O. The Labute approximate surface area is 87.8 Å². The fraction of sp³-hybridized carbons (Fsp3) is 1.00. The van der Waals surface area contributed by atoms with Crippen LogP contribution in [0.25, 0.3) is 0 Å². The van der Waals surface area contributed by atoms with E-state index in [9.17, 15) is 0 Å². The van der Waals surface area contributed by atoms with Crippen LogP contribution < -0.4 is 5.32 Å². The monoisotopic (exact) mass is 200 g/mol. The molecule has 3 heteroatoms. The lowest BCUT2D eigenvalue weighted by Crippen LogP contribution is -2.43. The van der Waals surface area contributed by atoms with Gasteiger partial charge in [0.25, 0.3) is 0 Å². The first-order valence-corrected chi connectivity index (χ1v) is 5.82. The summed E-state index contributed by atoms with van der Waals surface area (Å²) < 4.78 is 5.41. The minimum absolute atomic E-state index is 0.577. The summed E-state index contributed by atoms with van der Waals surface area (Å²) in [5.41, 5.74) is 0. The molecule has 1 rings (SSSR count). The summed E-state index contributed by atoms with van der Waals surface area (Å²) in [7, 11) is 2.21. The zero-order valence-electron chi connectivity index (χ0n) is 9.59. The van der Waals surface area contributed by atoms with Gasteiger partial charge < -0.3 is 15.0 Å². The molecule has 0 aromatic heterocycles. The van der Waals surface area contributed by atoms with E-state index >= 15 is 0 Å². The van der Waals surface area contributed by atoms with E-state index < -0.39 is 0 Å². The SMILES string of the molecule is CCCCN(C)CCC1COCCN1.